The van der Waals surface area contributed by atoms with E-state index in [9.17, 15) is 27.2 Å². The summed E-state index contributed by atoms with van der Waals surface area (Å²) < 4.78 is 49.4. The summed E-state index contributed by atoms with van der Waals surface area (Å²) in [6.45, 7) is 5.79. The Balaban J connectivity index is 0.00000254. The lowest BCUT2D eigenvalue weighted by molar-refractivity contribution is -0.140. The highest BCUT2D eigenvalue weighted by Crippen LogP contribution is 2.16. The van der Waals surface area contributed by atoms with Crippen molar-refractivity contribution in [1.29, 1.82) is 0 Å². The standard InChI is InChI=1S/C14H12F4N2O2.C2H6/c1-2-20(9-14(16,17)18)19-7-6-12(21)13(22)10-4-3-5-11(15)8-10;1-2/h2-5,7-8H,1,6,9H2;1-2H3/b19-7-;. The van der Waals surface area contributed by atoms with E-state index in [1.165, 1.54) is 12.1 Å². The Morgan fingerprint density at radius 1 is 1.29 bits per heavy atom. The molecule has 0 saturated carbocycles. The molecule has 4 nitrogen and oxygen atoms in total. The van der Waals surface area contributed by atoms with Crippen LogP contribution in [0.5, 0.6) is 0 Å². The first-order valence-electron chi connectivity index (χ1n) is 7.04. The fraction of sp³-hybridized carbons (Fsp3) is 0.312. The van der Waals surface area contributed by atoms with Gasteiger partial charge < -0.3 is 0 Å². The monoisotopic (exact) mass is 346 g/mol. The number of carbonyl (C=O) groups is 2. The second-order valence-electron chi connectivity index (χ2n) is 4.16. The maximum Gasteiger partial charge on any atom is 0.408 e. The van der Waals surface area contributed by atoms with Crippen molar-refractivity contribution >= 4 is 17.8 Å². The first-order chi connectivity index (χ1) is 11.2. The maximum absolute atomic E-state index is 12.9. The molecule has 0 aliphatic carbocycles. The Morgan fingerprint density at radius 3 is 2.42 bits per heavy atom. The number of carbonyl (C=O) groups excluding carboxylic acids is 2. The lowest BCUT2D eigenvalue weighted by atomic mass is 10.1. The summed E-state index contributed by atoms with van der Waals surface area (Å²) in [6.07, 6.45) is -3.28. The fourth-order valence-corrected chi connectivity index (χ4v) is 1.45. The SMILES string of the molecule is C=CN(CC(F)(F)F)/N=C\CC(=O)C(=O)c1cccc(F)c1.CC. The number of hydrogen-bond acceptors (Lipinski definition) is 4. The largest absolute Gasteiger partial charge is 0.408 e. The number of hydrazone groups is 1. The quantitative estimate of drug-likeness (QED) is 0.247. The molecule has 1 aromatic rings. The summed E-state index contributed by atoms with van der Waals surface area (Å²) in [5, 5.41) is 3.87. The molecule has 0 radical (unpaired) electrons. The predicted molar refractivity (Wildman–Crippen MR) is 83.2 cm³/mol. The van der Waals surface area contributed by atoms with Gasteiger partial charge in [-0.05, 0) is 12.1 Å². The highest BCUT2D eigenvalue weighted by molar-refractivity contribution is 6.45. The van der Waals surface area contributed by atoms with Gasteiger partial charge in [0.05, 0.1) is 6.42 Å². The summed E-state index contributed by atoms with van der Waals surface area (Å²) in [7, 11) is 0. The summed E-state index contributed by atoms with van der Waals surface area (Å²) in [4.78, 5) is 23.3. The van der Waals surface area contributed by atoms with Crippen LogP contribution in [0, 0.1) is 5.82 Å². The number of hydrogen-bond donors (Lipinski definition) is 0. The van der Waals surface area contributed by atoms with Crippen molar-refractivity contribution in [2.45, 2.75) is 26.4 Å². The van der Waals surface area contributed by atoms with Crippen LogP contribution in [0.25, 0.3) is 0 Å². The van der Waals surface area contributed by atoms with Crippen molar-refractivity contribution < 1.29 is 27.2 Å². The van der Waals surface area contributed by atoms with E-state index >= 15 is 0 Å². The van der Waals surface area contributed by atoms with Crippen molar-refractivity contribution in [2.24, 2.45) is 5.10 Å². The molecule has 0 aliphatic rings. The van der Waals surface area contributed by atoms with E-state index in [1.54, 1.807) is 0 Å². The van der Waals surface area contributed by atoms with E-state index in [1.807, 2.05) is 13.8 Å². The highest BCUT2D eigenvalue weighted by atomic mass is 19.4. The molecule has 0 unspecified atom stereocenters. The van der Waals surface area contributed by atoms with Gasteiger partial charge in [-0.25, -0.2) is 4.39 Å². The number of Topliss-reactive ketones (excluding diaryl/α,β-unsaturated/α-hetero) is 2. The van der Waals surface area contributed by atoms with E-state index in [-0.39, 0.29) is 5.56 Å². The van der Waals surface area contributed by atoms with Crippen molar-refractivity contribution in [3.8, 4) is 0 Å². The molecule has 24 heavy (non-hydrogen) atoms. The van der Waals surface area contributed by atoms with Gasteiger partial charge in [0.15, 0.2) is 0 Å². The van der Waals surface area contributed by atoms with Gasteiger partial charge in [-0.1, -0.05) is 32.6 Å². The van der Waals surface area contributed by atoms with Crippen LogP contribution in [0.2, 0.25) is 0 Å². The van der Waals surface area contributed by atoms with Gasteiger partial charge >= 0.3 is 6.18 Å². The normalized spacial score (nSPS) is 10.8. The topological polar surface area (TPSA) is 49.7 Å². The molecular formula is C16H18F4N2O2. The Morgan fingerprint density at radius 2 is 1.92 bits per heavy atom. The van der Waals surface area contributed by atoms with Crippen molar-refractivity contribution in [3.63, 3.8) is 0 Å². The Labute approximate surface area is 137 Å². The molecule has 0 saturated heterocycles. The first-order valence-corrected chi connectivity index (χ1v) is 7.04. The summed E-state index contributed by atoms with van der Waals surface area (Å²) in [5.41, 5.74) is -0.130. The van der Waals surface area contributed by atoms with Crippen molar-refractivity contribution in [1.82, 2.24) is 5.01 Å². The van der Waals surface area contributed by atoms with Crippen LogP contribution in [-0.2, 0) is 4.79 Å². The van der Waals surface area contributed by atoms with E-state index in [2.05, 4.69) is 11.7 Å². The summed E-state index contributed by atoms with van der Waals surface area (Å²) >= 11 is 0. The van der Waals surface area contributed by atoms with Crippen molar-refractivity contribution in [2.75, 3.05) is 6.54 Å². The second kappa shape index (κ2) is 10.3. The van der Waals surface area contributed by atoms with Gasteiger partial charge in [0.2, 0.25) is 11.6 Å². The number of rotatable bonds is 7. The molecule has 0 fully saturated rings. The van der Waals surface area contributed by atoms with E-state index in [0.29, 0.717) is 5.01 Å². The number of halogens is 4. The second-order valence-corrected chi connectivity index (χ2v) is 4.16. The predicted octanol–water partition coefficient (Wildman–Crippen LogP) is 3.99. The molecule has 0 spiro atoms. The van der Waals surface area contributed by atoms with Gasteiger partial charge in [0.25, 0.3) is 0 Å². The van der Waals surface area contributed by atoms with Crippen LogP contribution >= 0.6 is 0 Å². The van der Waals surface area contributed by atoms with Gasteiger partial charge in [-0.15, -0.1) is 0 Å². The molecule has 0 bridgehead atoms. The number of alkyl halides is 3. The van der Waals surface area contributed by atoms with Crippen LogP contribution in [0.4, 0.5) is 17.6 Å². The average Bonchev–Trinajstić information content (AvgIpc) is 2.53. The Hall–Kier alpha value is -2.51. The number of nitrogens with zero attached hydrogens (tertiary/aromatic N) is 2. The van der Waals surface area contributed by atoms with E-state index < -0.39 is 36.5 Å². The van der Waals surface area contributed by atoms with Crippen LogP contribution in [0.3, 0.4) is 0 Å². The maximum atomic E-state index is 12.9. The molecule has 1 aromatic carbocycles. The third kappa shape index (κ3) is 8.21. The van der Waals surface area contributed by atoms with Gasteiger partial charge in [-0.3, -0.25) is 14.6 Å². The van der Waals surface area contributed by atoms with Crippen LogP contribution in [0.1, 0.15) is 30.6 Å². The molecule has 0 aromatic heterocycles. The molecule has 1 rings (SSSR count). The fourth-order valence-electron chi connectivity index (χ4n) is 1.45. The van der Waals surface area contributed by atoms with Crippen LogP contribution in [-0.4, -0.2) is 35.5 Å². The zero-order valence-electron chi connectivity index (χ0n) is 13.3. The zero-order valence-corrected chi connectivity index (χ0v) is 13.3. The lowest BCUT2D eigenvalue weighted by Crippen LogP contribution is -2.26. The molecule has 0 atom stereocenters. The summed E-state index contributed by atoms with van der Waals surface area (Å²) in [5.74, 6) is -2.52. The molecule has 0 amide bonds. The zero-order chi connectivity index (χ0) is 18.8. The van der Waals surface area contributed by atoms with Gasteiger partial charge in [0, 0.05) is 18.0 Å². The molecule has 0 aliphatic heterocycles. The molecular weight excluding hydrogens is 328 g/mol. The molecule has 0 heterocycles. The van der Waals surface area contributed by atoms with Gasteiger partial charge in [0.1, 0.15) is 12.4 Å². The number of ketones is 2. The number of benzene rings is 1. The minimum absolute atomic E-state index is 0.130. The molecule has 132 valence electrons. The van der Waals surface area contributed by atoms with Gasteiger partial charge in [-0.2, -0.15) is 18.3 Å². The van der Waals surface area contributed by atoms with E-state index in [4.69, 9.17) is 0 Å². The highest BCUT2D eigenvalue weighted by Gasteiger charge is 2.29. The molecule has 0 N–H and O–H groups in total. The Bertz CT molecular complexity index is 598. The lowest BCUT2D eigenvalue weighted by Gasteiger charge is -2.15. The third-order valence-electron chi connectivity index (χ3n) is 2.40. The molecule has 8 heteroatoms. The first kappa shape index (κ1) is 21.5. The van der Waals surface area contributed by atoms with E-state index in [0.717, 1.165) is 24.5 Å². The minimum atomic E-state index is -4.48. The van der Waals surface area contributed by atoms with Crippen molar-refractivity contribution in [3.05, 3.63) is 48.4 Å². The Kier molecular flexibility index (Phi) is 9.22. The average molecular weight is 346 g/mol. The van der Waals surface area contributed by atoms with Crippen LogP contribution < -0.4 is 0 Å². The third-order valence-corrected chi connectivity index (χ3v) is 2.40. The van der Waals surface area contributed by atoms with Crippen LogP contribution in [0.15, 0.2) is 42.1 Å². The minimum Gasteiger partial charge on any atom is -0.290 e. The summed E-state index contributed by atoms with van der Waals surface area (Å²) in [6, 6.07) is 4.55. The smallest absolute Gasteiger partial charge is 0.290 e.